The van der Waals surface area contributed by atoms with Crippen molar-refractivity contribution < 1.29 is 13.2 Å². The number of benzene rings is 2. The Labute approximate surface area is 294 Å². The quantitative estimate of drug-likeness (QED) is 0.196. The van der Waals surface area contributed by atoms with E-state index in [1.807, 2.05) is 0 Å². The van der Waals surface area contributed by atoms with Crippen molar-refractivity contribution in [1.82, 2.24) is 29.7 Å². The van der Waals surface area contributed by atoms with E-state index in [2.05, 4.69) is 66.0 Å². The fourth-order valence-corrected chi connectivity index (χ4v) is 8.41. The van der Waals surface area contributed by atoms with Crippen LogP contribution in [0.25, 0.3) is 17.1 Å². The van der Waals surface area contributed by atoms with Gasteiger partial charge in [-0.2, -0.15) is 4.98 Å². The molecule has 0 amide bonds. The Morgan fingerprint density at radius 3 is 2.36 bits per heavy atom. The first-order valence-corrected chi connectivity index (χ1v) is 19.1. The number of sulfone groups is 1. The first-order chi connectivity index (χ1) is 24.2. The highest BCUT2D eigenvalue weighted by Crippen LogP contribution is 2.48. The molecule has 2 saturated heterocycles. The van der Waals surface area contributed by atoms with Crippen molar-refractivity contribution >= 4 is 55.8 Å². The third kappa shape index (κ3) is 6.86. The highest BCUT2D eigenvalue weighted by atomic mass is 32.2. The predicted molar refractivity (Wildman–Crippen MR) is 200 cm³/mol. The number of fused-ring (bicyclic) bond motifs is 1. The van der Waals surface area contributed by atoms with E-state index in [1.165, 1.54) is 43.1 Å². The van der Waals surface area contributed by atoms with Crippen LogP contribution in [-0.2, 0) is 9.84 Å². The molecule has 0 spiro atoms. The summed E-state index contributed by atoms with van der Waals surface area (Å²) in [4.78, 5) is 25.9. The predicted octanol–water partition coefficient (Wildman–Crippen LogP) is 5.83. The lowest BCUT2D eigenvalue weighted by Gasteiger charge is -2.43. The molecule has 0 radical (unpaired) electrons. The number of methoxy groups -OCH3 is 1. The summed E-state index contributed by atoms with van der Waals surface area (Å²) in [5.41, 5.74) is 5.14. The molecule has 1 saturated carbocycles. The summed E-state index contributed by atoms with van der Waals surface area (Å²) in [5.74, 6) is 1.98. The summed E-state index contributed by atoms with van der Waals surface area (Å²) in [6.45, 7) is 13.9. The van der Waals surface area contributed by atoms with E-state index in [4.69, 9.17) is 9.72 Å². The molecule has 2 aromatic heterocycles. The largest absolute Gasteiger partial charge is 0.494 e. The second kappa shape index (κ2) is 14.1. The van der Waals surface area contributed by atoms with Gasteiger partial charge >= 0.3 is 0 Å². The first kappa shape index (κ1) is 34.1. The zero-order chi connectivity index (χ0) is 35.0. The number of piperazine rings is 1. The number of aromatic nitrogens is 4. The van der Waals surface area contributed by atoms with Gasteiger partial charge in [-0.05, 0) is 76.3 Å². The molecule has 0 bridgehead atoms. The maximum atomic E-state index is 13.6. The van der Waals surface area contributed by atoms with Crippen LogP contribution in [0.5, 0.6) is 5.75 Å². The van der Waals surface area contributed by atoms with Crippen molar-refractivity contribution in [3.63, 3.8) is 0 Å². The Morgan fingerprint density at radius 1 is 0.940 bits per heavy atom. The highest BCUT2D eigenvalue weighted by molar-refractivity contribution is 7.92. The van der Waals surface area contributed by atoms with Gasteiger partial charge in [0.05, 0.1) is 29.3 Å². The molecule has 12 nitrogen and oxygen atoms in total. The van der Waals surface area contributed by atoms with Crippen LogP contribution < -0.4 is 20.3 Å². The molecule has 4 aromatic rings. The number of ether oxygens (including phenoxy) is 1. The average molecular weight is 698 g/mol. The zero-order valence-corrected chi connectivity index (χ0v) is 30.2. The van der Waals surface area contributed by atoms with Crippen LogP contribution in [0, 0.1) is 0 Å². The van der Waals surface area contributed by atoms with Gasteiger partial charge in [0, 0.05) is 81.2 Å². The van der Waals surface area contributed by atoms with Crippen molar-refractivity contribution in [2.24, 2.45) is 0 Å². The van der Waals surface area contributed by atoms with E-state index < -0.39 is 15.1 Å². The Hall–Kier alpha value is -4.33. The summed E-state index contributed by atoms with van der Waals surface area (Å²) >= 11 is 0. The number of hydrogen-bond acceptors (Lipinski definition) is 12. The first-order valence-electron chi connectivity index (χ1n) is 17.6. The standard InChI is InChI=1S/C37H47N9O3S/c1-6-25-23-40-37(43-36(25)41-30-10-9-29-34(39-14-13-38-29)35(30)50(47,48)24(2)3)42-31-21-28(26-7-8-26)32(22-33(31)49-5)46-15-11-27(12-16-46)45-19-17-44(4)18-20-45/h6,9-10,13-14,21-24,26-27H,1,7-8,11-12,15-20H2,2-5H3,(H2,40,41,42,43). The van der Waals surface area contributed by atoms with Gasteiger partial charge in [-0.3, -0.25) is 14.9 Å². The molecule has 3 fully saturated rings. The Morgan fingerprint density at radius 2 is 1.68 bits per heavy atom. The number of nitrogens with one attached hydrogen (secondary N) is 2. The maximum absolute atomic E-state index is 13.6. The molecule has 4 heterocycles. The molecule has 50 heavy (non-hydrogen) atoms. The third-order valence-corrected chi connectivity index (χ3v) is 12.5. The van der Waals surface area contributed by atoms with Crippen LogP contribution in [0.1, 0.15) is 56.6 Å². The molecule has 7 rings (SSSR count). The van der Waals surface area contributed by atoms with E-state index >= 15 is 0 Å². The van der Waals surface area contributed by atoms with Gasteiger partial charge in [-0.1, -0.05) is 12.7 Å². The lowest BCUT2D eigenvalue weighted by Crippen LogP contribution is -2.52. The van der Waals surface area contributed by atoms with Gasteiger partial charge in [0.1, 0.15) is 22.0 Å². The summed E-state index contributed by atoms with van der Waals surface area (Å²) in [6, 6.07) is 8.47. The molecule has 2 aromatic carbocycles. The summed E-state index contributed by atoms with van der Waals surface area (Å²) < 4.78 is 33.2. The van der Waals surface area contributed by atoms with Gasteiger partial charge < -0.3 is 25.2 Å². The fourth-order valence-electron chi connectivity index (χ4n) is 7.09. The van der Waals surface area contributed by atoms with Gasteiger partial charge in [0.2, 0.25) is 5.95 Å². The number of rotatable bonds is 11. The van der Waals surface area contributed by atoms with Crippen molar-refractivity contribution in [3.8, 4) is 5.75 Å². The van der Waals surface area contributed by atoms with Gasteiger partial charge in [0.25, 0.3) is 0 Å². The van der Waals surface area contributed by atoms with E-state index in [-0.39, 0.29) is 4.90 Å². The van der Waals surface area contributed by atoms with Crippen LogP contribution in [0.4, 0.5) is 28.8 Å². The van der Waals surface area contributed by atoms with Gasteiger partial charge in [-0.25, -0.2) is 13.4 Å². The monoisotopic (exact) mass is 697 g/mol. The number of likely N-dealkylation sites (N-methyl/N-ethyl adjacent to an activating group) is 1. The number of nitrogens with zero attached hydrogens (tertiary/aromatic N) is 7. The molecular weight excluding hydrogens is 651 g/mol. The maximum Gasteiger partial charge on any atom is 0.229 e. The van der Waals surface area contributed by atoms with Crippen molar-refractivity contribution in [1.29, 1.82) is 0 Å². The minimum Gasteiger partial charge on any atom is -0.494 e. The van der Waals surface area contributed by atoms with Crippen molar-refractivity contribution in [2.45, 2.75) is 61.6 Å². The van der Waals surface area contributed by atoms with E-state index in [0.717, 1.165) is 50.7 Å². The summed E-state index contributed by atoms with van der Waals surface area (Å²) in [7, 11) is 0.153. The molecule has 0 atom stereocenters. The van der Waals surface area contributed by atoms with Gasteiger partial charge in [-0.15, -0.1) is 0 Å². The lowest BCUT2D eigenvalue weighted by atomic mass is 9.99. The van der Waals surface area contributed by atoms with Gasteiger partial charge in [0.15, 0.2) is 9.84 Å². The summed E-state index contributed by atoms with van der Waals surface area (Å²) in [5, 5.41) is 6.01. The molecule has 264 valence electrons. The second-order valence-corrected chi connectivity index (χ2v) is 16.3. The van der Waals surface area contributed by atoms with Crippen LogP contribution in [-0.4, -0.2) is 103 Å². The Kier molecular flexibility index (Phi) is 9.64. The normalized spacial score (nSPS) is 18.1. The number of piperidine rings is 1. The number of anilines is 5. The molecule has 2 aliphatic heterocycles. The minimum absolute atomic E-state index is 0.0835. The van der Waals surface area contributed by atoms with Crippen LogP contribution >= 0.6 is 0 Å². The van der Waals surface area contributed by atoms with Crippen LogP contribution in [0.3, 0.4) is 0 Å². The Bertz CT molecular complexity index is 1980. The van der Waals surface area contributed by atoms with E-state index in [9.17, 15) is 8.42 Å². The molecule has 13 heteroatoms. The van der Waals surface area contributed by atoms with Crippen LogP contribution in [0.15, 0.2) is 54.3 Å². The minimum atomic E-state index is -3.75. The fraction of sp³-hybridized carbons (Fsp3) is 0.459. The SMILES string of the molecule is C=Cc1cnc(Nc2cc(C3CC3)c(N3CCC(N4CCN(C)CC4)CC3)cc2OC)nc1Nc1ccc2nccnc2c1S(=O)(=O)C(C)C. The zero-order valence-electron chi connectivity index (χ0n) is 29.4. The molecule has 2 N–H and O–H groups in total. The Balaban J connectivity index is 1.16. The topological polar surface area (TPSA) is 129 Å². The second-order valence-electron chi connectivity index (χ2n) is 13.9. The third-order valence-electron chi connectivity index (χ3n) is 10.3. The van der Waals surface area contributed by atoms with E-state index in [0.29, 0.717) is 46.0 Å². The molecule has 0 unspecified atom stereocenters. The van der Waals surface area contributed by atoms with E-state index in [1.54, 1.807) is 51.6 Å². The lowest BCUT2D eigenvalue weighted by molar-refractivity contribution is 0.0982. The smallest absolute Gasteiger partial charge is 0.229 e. The molecule has 3 aliphatic rings. The van der Waals surface area contributed by atoms with Crippen molar-refractivity contribution in [3.05, 3.63) is 60.6 Å². The summed E-state index contributed by atoms with van der Waals surface area (Å²) in [6.07, 6.45) is 11.0. The number of hydrogen-bond donors (Lipinski definition) is 2. The van der Waals surface area contributed by atoms with Crippen LogP contribution in [0.2, 0.25) is 0 Å². The average Bonchev–Trinajstić information content (AvgIpc) is 3.98. The highest BCUT2D eigenvalue weighted by Gasteiger charge is 2.33. The van der Waals surface area contributed by atoms with Crippen molar-refractivity contribution in [2.75, 3.05) is 69.0 Å². The molecule has 1 aliphatic carbocycles. The molecular formula is C37H47N9O3S.